The van der Waals surface area contributed by atoms with Gasteiger partial charge in [-0.2, -0.15) is 8.75 Å². The first-order valence-electron chi connectivity index (χ1n) is 3.97. The zero-order valence-corrected chi connectivity index (χ0v) is 9.06. The first-order valence-corrected chi connectivity index (χ1v) is 5.58. The summed E-state index contributed by atoms with van der Waals surface area (Å²) in [7, 11) is 0. The van der Waals surface area contributed by atoms with Crippen molar-refractivity contribution in [3.63, 3.8) is 0 Å². The van der Waals surface area contributed by atoms with E-state index in [-0.39, 0.29) is 5.78 Å². The van der Waals surface area contributed by atoms with E-state index in [0.717, 1.165) is 22.4 Å². The molecule has 0 spiro atoms. The Morgan fingerprint density at radius 3 is 3.00 bits per heavy atom. The normalized spacial score (nSPS) is 10.4. The number of thiazole rings is 1. The van der Waals surface area contributed by atoms with Crippen LogP contribution >= 0.6 is 23.1 Å². The monoisotopic (exact) mass is 225 g/mol. The summed E-state index contributed by atoms with van der Waals surface area (Å²) in [6, 6.07) is 0. The van der Waals surface area contributed by atoms with Gasteiger partial charge in [-0.05, 0) is 6.92 Å². The number of carbonyl (C=O) groups excluding carboxylic acids is 1. The molecule has 2 rings (SSSR count). The molecular weight excluding hydrogens is 218 g/mol. The van der Waals surface area contributed by atoms with Crippen LogP contribution in [0.25, 0.3) is 0 Å². The van der Waals surface area contributed by atoms with Gasteiger partial charge >= 0.3 is 0 Å². The lowest BCUT2D eigenvalue weighted by atomic mass is 10.2. The van der Waals surface area contributed by atoms with E-state index in [2.05, 4.69) is 13.7 Å². The van der Waals surface area contributed by atoms with Crippen LogP contribution in [0.2, 0.25) is 0 Å². The standard InChI is InChI=1S/C8H7N3OS2/c1-5-4-13-8(10-5)2-7(12)6-3-9-14-11-6/h3-4H,2H2,1H3. The number of hydrogen-bond donors (Lipinski definition) is 0. The van der Waals surface area contributed by atoms with E-state index in [1.165, 1.54) is 17.5 Å². The summed E-state index contributed by atoms with van der Waals surface area (Å²) in [6.45, 7) is 1.91. The minimum absolute atomic E-state index is 0.0203. The predicted molar refractivity (Wildman–Crippen MR) is 54.8 cm³/mol. The minimum Gasteiger partial charge on any atom is -0.292 e. The first-order chi connectivity index (χ1) is 6.75. The van der Waals surface area contributed by atoms with Gasteiger partial charge in [0.1, 0.15) is 10.7 Å². The van der Waals surface area contributed by atoms with E-state index in [0.29, 0.717) is 12.1 Å². The molecular formula is C8H7N3OS2. The molecule has 0 radical (unpaired) electrons. The fourth-order valence-corrected chi connectivity index (χ4v) is 2.20. The molecule has 2 aromatic heterocycles. The van der Waals surface area contributed by atoms with E-state index in [1.54, 1.807) is 0 Å². The zero-order chi connectivity index (χ0) is 9.97. The third-order valence-corrected chi connectivity index (χ3v) is 3.07. The van der Waals surface area contributed by atoms with E-state index < -0.39 is 0 Å². The summed E-state index contributed by atoms with van der Waals surface area (Å²) in [5.41, 5.74) is 1.39. The van der Waals surface area contributed by atoms with Crippen molar-refractivity contribution in [2.45, 2.75) is 13.3 Å². The van der Waals surface area contributed by atoms with Crippen molar-refractivity contribution in [1.29, 1.82) is 0 Å². The van der Waals surface area contributed by atoms with Gasteiger partial charge in [-0.1, -0.05) is 0 Å². The van der Waals surface area contributed by atoms with Crippen LogP contribution in [0.1, 0.15) is 21.2 Å². The van der Waals surface area contributed by atoms with Crippen LogP contribution < -0.4 is 0 Å². The molecule has 0 aromatic carbocycles. The van der Waals surface area contributed by atoms with Crippen molar-refractivity contribution in [2.75, 3.05) is 0 Å². The van der Waals surface area contributed by atoms with Crippen LogP contribution in [0.15, 0.2) is 11.6 Å². The zero-order valence-electron chi connectivity index (χ0n) is 7.43. The SMILES string of the molecule is Cc1csc(CC(=O)c2cnsn2)n1. The maximum absolute atomic E-state index is 11.6. The summed E-state index contributed by atoms with van der Waals surface area (Å²) < 4.78 is 7.66. The fourth-order valence-electron chi connectivity index (χ4n) is 0.999. The lowest BCUT2D eigenvalue weighted by Gasteiger charge is -1.91. The summed E-state index contributed by atoms with van der Waals surface area (Å²) in [5.74, 6) is -0.0203. The number of hydrogen-bond acceptors (Lipinski definition) is 6. The van der Waals surface area contributed by atoms with Crippen molar-refractivity contribution in [1.82, 2.24) is 13.7 Å². The Morgan fingerprint density at radius 2 is 2.43 bits per heavy atom. The van der Waals surface area contributed by atoms with Gasteiger partial charge in [0.05, 0.1) is 24.3 Å². The Balaban J connectivity index is 2.09. The minimum atomic E-state index is -0.0203. The molecule has 0 aliphatic carbocycles. The van der Waals surface area contributed by atoms with Crippen LogP contribution in [0, 0.1) is 6.92 Å². The number of aromatic nitrogens is 3. The number of aryl methyl sites for hydroxylation is 1. The van der Waals surface area contributed by atoms with Crippen LogP contribution in [0.3, 0.4) is 0 Å². The van der Waals surface area contributed by atoms with Gasteiger partial charge in [-0.25, -0.2) is 4.98 Å². The molecule has 0 amide bonds. The Hall–Kier alpha value is -1.14. The largest absolute Gasteiger partial charge is 0.292 e. The van der Waals surface area contributed by atoms with Crippen molar-refractivity contribution in [3.8, 4) is 0 Å². The van der Waals surface area contributed by atoms with Gasteiger partial charge < -0.3 is 0 Å². The highest BCUT2D eigenvalue weighted by molar-refractivity contribution is 7.09. The number of nitrogens with zero attached hydrogens (tertiary/aromatic N) is 3. The molecule has 0 saturated heterocycles. The summed E-state index contributed by atoms with van der Waals surface area (Å²) in [4.78, 5) is 15.8. The highest BCUT2D eigenvalue weighted by Crippen LogP contribution is 2.11. The van der Waals surface area contributed by atoms with Crippen molar-refractivity contribution in [3.05, 3.63) is 28.0 Å². The molecule has 0 saturated carbocycles. The van der Waals surface area contributed by atoms with E-state index in [1.807, 2.05) is 12.3 Å². The van der Waals surface area contributed by atoms with E-state index in [4.69, 9.17) is 0 Å². The average molecular weight is 225 g/mol. The Kier molecular flexibility index (Phi) is 2.64. The molecule has 4 nitrogen and oxygen atoms in total. The second-order valence-electron chi connectivity index (χ2n) is 2.78. The molecule has 0 aliphatic rings. The smallest absolute Gasteiger partial charge is 0.190 e. The molecule has 0 aliphatic heterocycles. The second kappa shape index (κ2) is 3.93. The van der Waals surface area contributed by atoms with E-state index >= 15 is 0 Å². The van der Waals surface area contributed by atoms with Gasteiger partial charge in [-0.15, -0.1) is 11.3 Å². The van der Waals surface area contributed by atoms with Crippen LogP contribution in [0.5, 0.6) is 0 Å². The molecule has 0 fully saturated rings. The lowest BCUT2D eigenvalue weighted by molar-refractivity contribution is 0.0989. The molecule has 0 atom stereocenters. The summed E-state index contributed by atoms with van der Waals surface area (Å²) in [6.07, 6.45) is 1.82. The first kappa shape index (κ1) is 9.42. The van der Waals surface area contributed by atoms with Gasteiger partial charge in [0.25, 0.3) is 0 Å². The van der Waals surface area contributed by atoms with Gasteiger partial charge in [0, 0.05) is 11.1 Å². The molecule has 2 aromatic rings. The number of carbonyl (C=O) groups is 1. The Bertz CT molecular complexity index is 435. The second-order valence-corrected chi connectivity index (χ2v) is 4.27. The van der Waals surface area contributed by atoms with Gasteiger partial charge in [-0.3, -0.25) is 4.79 Å². The lowest BCUT2D eigenvalue weighted by Crippen LogP contribution is -2.03. The van der Waals surface area contributed by atoms with Crippen LogP contribution in [0.4, 0.5) is 0 Å². The maximum atomic E-state index is 11.6. The number of Topliss-reactive ketones (excluding diaryl/α,β-unsaturated/α-hetero) is 1. The molecule has 0 N–H and O–H groups in total. The number of ketones is 1. The highest BCUT2D eigenvalue weighted by Gasteiger charge is 2.11. The Labute approximate surface area is 89.0 Å². The highest BCUT2D eigenvalue weighted by atomic mass is 32.1. The summed E-state index contributed by atoms with van der Waals surface area (Å²) >= 11 is 2.54. The molecule has 6 heteroatoms. The van der Waals surface area contributed by atoms with Gasteiger partial charge in [0.2, 0.25) is 0 Å². The van der Waals surface area contributed by atoms with Crippen molar-refractivity contribution < 1.29 is 4.79 Å². The van der Waals surface area contributed by atoms with Crippen molar-refractivity contribution >= 4 is 28.8 Å². The molecule has 2 heterocycles. The predicted octanol–water partition coefficient (Wildman–Crippen LogP) is 1.73. The maximum Gasteiger partial charge on any atom is 0.190 e. The third-order valence-electron chi connectivity index (χ3n) is 1.63. The van der Waals surface area contributed by atoms with Crippen molar-refractivity contribution in [2.24, 2.45) is 0 Å². The molecule has 72 valence electrons. The third kappa shape index (κ3) is 2.02. The fraction of sp³-hybridized carbons (Fsp3) is 0.250. The molecule has 0 unspecified atom stereocenters. The number of rotatable bonds is 3. The topological polar surface area (TPSA) is 55.7 Å². The quantitative estimate of drug-likeness (QED) is 0.746. The molecule has 14 heavy (non-hydrogen) atoms. The Morgan fingerprint density at radius 1 is 1.57 bits per heavy atom. The summed E-state index contributed by atoms with van der Waals surface area (Å²) in [5, 5.41) is 2.77. The van der Waals surface area contributed by atoms with Crippen LogP contribution in [-0.2, 0) is 6.42 Å². The average Bonchev–Trinajstić information content (AvgIpc) is 2.75. The van der Waals surface area contributed by atoms with Crippen LogP contribution in [-0.4, -0.2) is 19.5 Å². The molecule has 0 bridgehead atoms. The van der Waals surface area contributed by atoms with E-state index in [9.17, 15) is 4.79 Å². The van der Waals surface area contributed by atoms with Gasteiger partial charge in [0.15, 0.2) is 5.78 Å².